The first-order valence-corrected chi connectivity index (χ1v) is 10.2. The number of aromatic nitrogens is 1. The molecule has 3 aliphatic rings. The summed E-state index contributed by atoms with van der Waals surface area (Å²) >= 11 is 0. The fourth-order valence-corrected chi connectivity index (χ4v) is 4.16. The molecule has 1 saturated carbocycles. The van der Waals surface area contributed by atoms with Gasteiger partial charge in [0.15, 0.2) is 0 Å². The van der Waals surface area contributed by atoms with Crippen molar-refractivity contribution >= 4 is 17.2 Å². The van der Waals surface area contributed by atoms with E-state index in [9.17, 15) is 4.39 Å². The van der Waals surface area contributed by atoms with Gasteiger partial charge in [-0.3, -0.25) is 10.4 Å². The van der Waals surface area contributed by atoms with E-state index in [0.717, 1.165) is 29.5 Å². The molecule has 1 aliphatic carbocycles. The Kier molecular flexibility index (Phi) is 4.75. The molecule has 0 bridgehead atoms. The molecule has 0 amide bonds. The van der Waals surface area contributed by atoms with E-state index in [2.05, 4.69) is 21.5 Å². The van der Waals surface area contributed by atoms with Crippen LogP contribution >= 0.6 is 0 Å². The van der Waals surface area contributed by atoms with Crippen LogP contribution in [0.25, 0.3) is 10.9 Å². The highest BCUT2D eigenvalue weighted by Gasteiger charge is 2.34. The van der Waals surface area contributed by atoms with Gasteiger partial charge in [-0.15, -0.1) is 0 Å². The van der Waals surface area contributed by atoms with Gasteiger partial charge in [0.1, 0.15) is 23.9 Å². The Bertz CT molecular complexity index is 1090. The van der Waals surface area contributed by atoms with E-state index < -0.39 is 5.95 Å². The minimum atomic E-state index is -0.455. The van der Waals surface area contributed by atoms with Gasteiger partial charge >= 0.3 is 0 Å². The first kappa shape index (κ1) is 18.8. The lowest BCUT2D eigenvalue weighted by atomic mass is 9.81. The van der Waals surface area contributed by atoms with Crippen LogP contribution < -0.4 is 10.2 Å². The second kappa shape index (κ2) is 7.58. The van der Waals surface area contributed by atoms with Crippen LogP contribution in [0.1, 0.15) is 30.9 Å². The third-order valence-corrected chi connectivity index (χ3v) is 5.98. The monoisotopic (exact) mass is 407 g/mol. The van der Waals surface area contributed by atoms with Crippen molar-refractivity contribution in [1.29, 1.82) is 5.26 Å². The molecule has 0 radical (unpaired) electrons. The number of hydrogen-bond donors (Lipinski definition) is 1. The molecule has 154 valence electrons. The molecule has 0 unspecified atom stereocenters. The fourth-order valence-electron chi connectivity index (χ4n) is 4.16. The molecule has 1 aromatic carbocycles. The maximum atomic E-state index is 14.3. The molecular weight excluding hydrogens is 385 g/mol. The van der Waals surface area contributed by atoms with Crippen molar-refractivity contribution in [1.82, 2.24) is 15.4 Å². The molecular formula is C22H22FN5O2. The van der Waals surface area contributed by atoms with E-state index in [1.54, 1.807) is 12.4 Å². The van der Waals surface area contributed by atoms with Crippen molar-refractivity contribution in [3.8, 4) is 11.8 Å². The Morgan fingerprint density at radius 2 is 2.23 bits per heavy atom. The molecule has 30 heavy (non-hydrogen) atoms. The Morgan fingerprint density at radius 3 is 3.07 bits per heavy atom. The predicted octanol–water partition coefficient (Wildman–Crippen LogP) is 3.21. The SMILES string of the molecule is C[C@@H](Oc1ccc2nc(F)c3c(c2c1)CCOC3)C1=CN(C2CC(C#N)C2)NC=N1. The highest BCUT2D eigenvalue weighted by atomic mass is 19.1. The first-order chi connectivity index (χ1) is 14.6. The number of ether oxygens (including phenoxy) is 2. The standard InChI is InChI=1S/C22H22FN5O2/c1-13(21-10-28(26-12-25-21)15-6-14(7-15)9-24)30-16-2-3-20-18(8-16)17-4-5-29-11-19(17)22(23)27-20/h2-3,8,10,12-15H,4-7,11H2,1H3,(H,25,26)/t13-,14?,15?/m1/s1. The lowest BCUT2D eigenvalue weighted by molar-refractivity contribution is 0.107. The Hall–Kier alpha value is -3.18. The van der Waals surface area contributed by atoms with Crippen LogP contribution in [0, 0.1) is 23.2 Å². The number of nitrogens with one attached hydrogen (secondary N) is 1. The highest BCUT2D eigenvalue weighted by molar-refractivity contribution is 5.84. The quantitative estimate of drug-likeness (QED) is 0.784. The molecule has 1 N–H and O–H groups in total. The number of halogens is 1. The number of aliphatic imine (C=N–C) groups is 1. The van der Waals surface area contributed by atoms with E-state index in [1.807, 2.05) is 30.3 Å². The second-order valence-electron chi connectivity index (χ2n) is 7.90. The summed E-state index contributed by atoms with van der Waals surface area (Å²) in [6, 6.07) is 8.12. The highest BCUT2D eigenvalue weighted by Crippen LogP contribution is 2.33. The molecule has 0 spiro atoms. The van der Waals surface area contributed by atoms with Crippen molar-refractivity contribution in [2.24, 2.45) is 10.9 Å². The van der Waals surface area contributed by atoms with Crippen LogP contribution in [0.4, 0.5) is 4.39 Å². The first-order valence-electron chi connectivity index (χ1n) is 10.2. The van der Waals surface area contributed by atoms with Crippen molar-refractivity contribution in [3.63, 3.8) is 0 Å². The zero-order valence-electron chi connectivity index (χ0n) is 16.6. The summed E-state index contributed by atoms with van der Waals surface area (Å²) in [6.45, 7) is 2.77. The molecule has 1 aromatic heterocycles. The molecule has 2 aliphatic heterocycles. The summed E-state index contributed by atoms with van der Waals surface area (Å²) in [5.74, 6) is 0.364. The molecule has 5 rings (SSSR count). The molecule has 1 atom stereocenters. The Morgan fingerprint density at radius 1 is 1.37 bits per heavy atom. The lowest BCUT2D eigenvalue weighted by Gasteiger charge is -2.40. The smallest absolute Gasteiger partial charge is 0.219 e. The van der Waals surface area contributed by atoms with Gasteiger partial charge in [0.05, 0.1) is 36.8 Å². The van der Waals surface area contributed by atoms with Crippen molar-refractivity contribution < 1.29 is 13.9 Å². The molecule has 3 heterocycles. The number of hydrazine groups is 1. The zero-order valence-corrected chi connectivity index (χ0v) is 16.6. The number of hydrogen-bond acceptors (Lipinski definition) is 7. The van der Waals surface area contributed by atoms with Gasteiger partial charge in [-0.2, -0.15) is 9.65 Å². The van der Waals surface area contributed by atoms with Gasteiger partial charge < -0.3 is 9.47 Å². The second-order valence-corrected chi connectivity index (χ2v) is 7.90. The van der Waals surface area contributed by atoms with E-state index in [1.165, 1.54) is 0 Å². The van der Waals surface area contributed by atoms with Crippen molar-refractivity contribution in [2.45, 2.75) is 44.9 Å². The predicted molar refractivity (Wildman–Crippen MR) is 109 cm³/mol. The average Bonchev–Trinajstić information content (AvgIpc) is 2.74. The summed E-state index contributed by atoms with van der Waals surface area (Å²) in [5, 5.41) is 11.9. The maximum absolute atomic E-state index is 14.3. The summed E-state index contributed by atoms with van der Waals surface area (Å²) < 4.78 is 25.8. The third-order valence-electron chi connectivity index (χ3n) is 5.98. The van der Waals surface area contributed by atoms with Crippen LogP contribution in [0.3, 0.4) is 0 Å². The Balaban J connectivity index is 1.36. The van der Waals surface area contributed by atoms with E-state index in [-0.39, 0.29) is 18.6 Å². The molecule has 7 nitrogen and oxygen atoms in total. The number of benzene rings is 1. The Labute approximate surface area is 173 Å². The third kappa shape index (κ3) is 3.35. The number of fused-ring (bicyclic) bond motifs is 3. The van der Waals surface area contributed by atoms with Crippen LogP contribution in [-0.4, -0.2) is 35.1 Å². The summed E-state index contributed by atoms with van der Waals surface area (Å²) in [4.78, 5) is 8.50. The van der Waals surface area contributed by atoms with Crippen LogP contribution in [0.15, 0.2) is 35.1 Å². The summed E-state index contributed by atoms with van der Waals surface area (Å²) in [7, 11) is 0. The summed E-state index contributed by atoms with van der Waals surface area (Å²) in [5.41, 5.74) is 6.02. The molecule has 8 heteroatoms. The molecule has 0 saturated heterocycles. The fraction of sp³-hybridized carbons (Fsp3) is 0.409. The molecule has 1 fully saturated rings. The minimum absolute atomic E-state index is 0.133. The average molecular weight is 407 g/mol. The van der Waals surface area contributed by atoms with Crippen molar-refractivity contribution in [3.05, 3.63) is 47.2 Å². The molecule has 2 aromatic rings. The van der Waals surface area contributed by atoms with Gasteiger partial charge in [-0.1, -0.05) is 0 Å². The topological polar surface area (TPSA) is 82.8 Å². The van der Waals surface area contributed by atoms with E-state index >= 15 is 0 Å². The van der Waals surface area contributed by atoms with Gasteiger partial charge in [-0.25, -0.2) is 9.98 Å². The minimum Gasteiger partial charge on any atom is -0.484 e. The summed E-state index contributed by atoms with van der Waals surface area (Å²) in [6.07, 6.45) is 5.67. The number of nitriles is 1. The van der Waals surface area contributed by atoms with E-state index in [4.69, 9.17) is 14.7 Å². The maximum Gasteiger partial charge on any atom is 0.219 e. The van der Waals surface area contributed by atoms with Crippen LogP contribution in [0.5, 0.6) is 5.75 Å². The van der Waals surface area contributed by atoms with Gasteiger partial charge in [0.25, 0.3) is 0 Å². The van der Waals surface area contributed by atoms with Crippen LogP contribution in [-0.2, 0) is 17.8 Å². The van der Waals surface area contributed by atoms with Gasteiger partial charge in [0, 0.05) is 17.1 Å². The lowest BCUT2D eigenvalue weighted by Crippen LogP contribution is -2.49. The number of rotatable bonds is 4. The van der Waals surface area contributed by atoms with E-state index in [0.29, 0.717) is 35.9 Å². The van der Waals surface area contributed by atoms with Gasteiger partial charge in [0.2, 0.25) is 5.95 Å². The zero-order chi connectivity index (χ0) is 20.7. The largest absolute Gasteiger partial charge is 0.484 e. The van der Waals surface area contributed by atoms with Crippen LogP contribution in [0.2, 0.25) is 0 Å². The van der Waals surface area contributed by atoms with Crippen molar-refractivity contribution in [2.75, 3.05) is 6.61 Å². The van der Waals surface area contributed by atoms with Gasteiger partial charge in [-0.05, 0) is 49.9 Å². The number of nitrogens with zero attached hydrogens (tertiary/aromatic N) is 4. The normalized spacial score (nSPS) is 23.6. The number of pyridine rings is 1.